The van der Waals surface area contributed by atoms with Crippen LogP contribution in [0.15, 0.2) is 16.7 Å². The molecule has 1 aromatic rings. The highest BCUT2D eigenvalue weighted by Gasteiger charge is 2.18. The molecule has 0 saturated carbocycles. The maximum atomic E-state index is 11.7. The summed E-state index contributed by atoms with van der Waals surface area (Å²) in [6.45, 7) is 5.94. The third kappa shape index (κ3) is 3.34. The molecule has 1 rings (SSSR count). The number of carboxylic acid groups (broad SMARTS) is 1. The molecule has 0 bridgehead atoms. The van der Waals surface area contributed by atoms with Gasteiger partial charge < -0.3 is 14.8 Å². The van der Waals surface area contributed by atoms with E-state index in [0.717, 1.165) is 0 Å². The topological polar surface area (TPSA) is 79.5 Å². The van der Waals surface area contributed by atoms with Gasteiger partial charge in [-0.05, 0) is 12.0 Å². The molecule has 1 aromatic heterocycles. The molecular weight excluding hydrogens is 222 g/mol. The standard InChI is InChI=1S/C12H17NO4/c1-7(2)8(3)11(14)13-6-9-4-5-17-10(9)12(15)16/h4-5,7-8H,6H2,1-3H3,(H,13,14)(H,15,16). The lowest BCUT2D eigenvalue weighted by Crippen LogP contribution is -2.31. The van der Waals surface area contributed by atoms with E-state index < -0.39 is 5.97 Å². The highest BCUT2D eigenvalue weighted by Crippen LogP contribution is 2.12. The Kier molecular flexibility index (Phi) is 4.31. The Morgan fingerprint density at radius 3 is 2.59 bits per heavy atom. The van der Waals surface area contributed by atoms with Crippen LogP contribution in [0.1, 0.15) is 36.9 Å². The van der Waals surface area contributed by atoms with Gasteiger partial charge >= 0.3 is 5.97 Å². The van der Waals surface area contributed by atoms with Crippen molar-refractivity contribution in [3.8, 4) is 0 Å². The quantitative estimate of drug-likeness (QED) is 0.822. The molecule has 2 N–H and O–H groups in total. The first-order valence-corrected chi connectivity index (χ1v) is 5.50. The van der Waals surface area contributed by atoms with E-state index in [4.69, 9.17) is 9.52 Å². The zero-order valence-corrected chi connectivity index (χ0v) is 10.2. The molecular formula is C12H17NO4. The fraction of sp³-hybridized carbons (Fsp3) is 0.500. The minimum atomic E-state index is -1.13. The highest BCUT2D eigenvalue weighted by molar-refractivity contribution is 5.86. The van der Waals surface area contributed by atoms with Gasteiger partial charge in [-0.15, -0.1) is 0 Å². The molecule has 0 aliphatic heterocycles. The van der Waals surface area contributed by atoms with Crippen LogP contribution in [0.5, 0.6) is 0 Å². The lowest BCUT2D eigenvalue weighted by atomic mass is 9.97. The van der Waals surface area contributed by atoms with Gasteiger partial charge in [-0.2, -0.15) is 0 Å². The summed E-state index contributed by atoms with van der Waals surface area (Å²) in [6.07, 6.45) is 1.30. The summed E-state index contributed by atoms with van der Waals surface area (Å²) in [7, 11) is 0. The average Bonchev–Trinajstić information content (AvgIpc) is 2.72. The van der Waals surface area contributed by atoms with Gasteiger partial charge in [0.2, 0.25) is 11.7 Å². The summed E-state index contributed by atoms with van der Waals surface area (Å²) in [5.41, 5.74) is 0.474. The van der Waals surface area contributed by atoms with Crippen LogP contribution in [0.2, 0.25) is 0 Å². The molecule has 0 aliphatic carbocycles. The molecule has 0 aliphatic rings. The average molecular weight is 239 g/mol. The number of carbonyl (C=O) groups excluding carboxylic acids is 1. The number of aromatic carboxylic acids is 1. The lowest BCUT2D eigenvalue weighted by molar-refractivity contribution is -0.125. The van der Waals surface area contributed by atoms with Crippen molar-refractivity contribution in [3.63, 3.8) is 0 Å². The fourth-order valence-corrected chi connectivity index (χ4v) is 1.31. The van der Waals surface area contributed by atoms with Crippen LogP contribution in [-0.2, 0) is 11.3 Å². The van der Waals surface area contributed by atoms with Gasteiger partial charge in [0.25, 0.3) is 0 Å². The van der Waals surface area contributed by atoms with Crippen LogP contribution in [-0.4, -0.2) is 17.0 Å². The van der Waals surface area contributed by atoms with E-state index >= 15 is 0 Å². The summed E-state index contributed by atoms with van der Waals surface area (Å²) in [4.78, 5) is 22.4. The molecule has 1 amide bonds. The van der Waals surface area contributed by atoms with Crippen molar-refractivity contribution < 1.29 is 19.1 Å². The van der Waals surface area contributed by atoms with Crippen LogP contribution in [0, 0.1) is 11.8 Å². The molecule has 1 atom stereocenters. The van der Waals surface area contributed by atoms with Crippen molar-refractivity contribution in [3.05, 3.63) is 23.7 Å². The Balaban J connectivity index is 2.59. The molecule has 1 heterocycles. The number of rotatable bonds is 5. The van der Waals surface area contributed by atoms with E-state index in [0.29, 0.717) is 5.56 Å². The van der Waals surface area contributed by atoms with Crippen molar-refractivity contribution in [1.82, 2.24) is 5.32 Å². The van der Waals surface area contributed by atoms with E-state index in [1.54, 1.807) is 6.07 Å². The molecule has 5 nitrogen and oxygen atoms in total. The Bertz CT molecular complexity index is 408. The normalized spacial score (nSPS) is 12.5. The number of nitrogens with one attached hydrogen (secondary N) is 1. The Morgan fingerprint density at radius 2 is 2.06 bits per heavy atom. The summed E-state index contributed by atoms with van der Waals surface area (Å²) in [5.74, 6) is -1.19. The number of amides is 1. The van der Waals surface area contributed by atoms with Gasteiger partial charge in [-0.1, -0.05) is 20.8 Å². The largest absolute Gasteiger partial charge is 0.475 e. The molecule has 5 heteroatoms. The van der Waals surface area contributed by atoms with Crippen molar-refractivity contribution in [2.75, 3.05) is 0 Å². The van der Waals surface area contributed by atoms with Crippen LogP contribution in [0.4, 0.5) is 0 Å². The molecule has 94 valence electrons. The van der Waals surface area contributed by atoms with Crippen molar-refractivity contribution in [2.24, 2.45) is 11.8 Å². The zero-order valence-electron chi connectivity index (χ0n) is 10.2. The molecule has 0 saturated heterocycles. The van der Waals surface area contributed by atoms with Gasteiger partial charge in [0.05, 0.1) is 6.26 Å². The van der Waals surface area contributed by atoms with Gasteiger partial charge in [-0.3, -0.25) is 4.79 Å². The summed E-state index contributed by atoms with van der Waals surface area (Å²) < 4.78 is 4.82. The van der Waals surface area contributed by atoms with Gasteiger partial charge in [0.1, 0.15) is 0 Å². The van der Waals surface area contributed by atoms with E-state index in [-0.39, 0.29) is 30.0 Å². The van der Waals surface area contributed by atoms with E-state index in [1.165, 1.54) is 6.26 Å². The number of carboxylic acids is 1. The number of furan rings is 1. The maximum absolute atomic E-state index is 11.7. The van der Waals surface area contributed by atoms with Gasteiger partial charge in [-0.25, -0.2) is 4.79 Å². The molecule has 0 radical (unpaired) electrons. The molecule has 1 unspecified atom stereocenters. The summed E-state index contributed by atoms with van der Waals surface area (Å²) in [6, 6.07) is 1.55. The van der Waals surface area contributed by atoms with Crippen molar-refractivity contribution >= 4 is 11.9 Å². The monoisotopic (exact) mass is 239 g/mol. The predicted molar refractivity (Wildman–Crippen MR) is 61.5 cm³/mol. The van der Waals surface area contributed by atoms with Gasteiger partial charge in [0, 0.05) is 18.0 Å². The highest BCUT2D eigenvalue weighted by atomic mass is 16.4. The molecule has 0 aromatic carbocycles. The summed E-state index contributed by atoms with van der Waals surface area (Å²) in [5, 5.41) is 11.5. The number of hydrogen-bond acceptors (Lipinski definition) is 3. The first-order valence-electron chi connectivity index (χ1n) is 5.50. The number of carbonyl (C=O) groups is 2. The first kappa shape index (κ1) is 13.3. The summed E-state index contributed by atoms with van der Waals surface area (Å²) >= 11 is 0. The zero-order chi connectivity index (χ0) is 13.0. The second-order valence-corrected chi connectivity index (χ2v) is 4.33. The molecule has 17 heavy (non-hydrogen) atoms. The van der Waals surface area contributed by atoms with Crippen LogP contribution >= 0.6 is 0 Å². The van der Waals surface area contributed by atoms with E-state index in [9.17, 15) is 9.59 Å². The van der Waals surface area contributed by atoms with Crippen molar-refractivity contribution in [2.45, 2.75) is 27.3 Å². The minimum absolute atomic E-state index is 0.0856. The van der Waals surface area contributed by atoms with Crippen LogP contribution < -0.4 is 5.32 Å². The van der Waals surface area contributed by atoms with Crippen LogP contribution in [0.3, 0.4) is 0 Å². The smallest absolute Gasteiger partial charge is 0.372 e. The first-order chi connectivity index (χ1) is 7.93. The second kappa shape index (κ2) is 5.52. The Morgan fingerprint density at radius 1 is 1.41 bits per heavy atom. The second-order valence-electron chi connectivity index (χ2n) is 4.33. The van der Waals surface area contributed by atoms with E-state index in [1.807, 2.05) is 20.8 Å². The third-order valence-corrected chi connectivity index (χ3v) is 2.81. The predicted octanol–water partition coefficient (Wildman–Crippen LogP) is 1.89. The maximum Gasteiger partial charge on any atom is 0.372 e. The van der Waals surface area contributed by atoms with E-state index in [2.05, 4.69) is 5.32 Å². The molecule has 0 fully saturated rings. The van der Waals surface area contributed by atoms with Crippen molar-refractivity contribution in [1.29, 1.82) is 0 Å². The Labute approximate surface area is 99.8 Å². The van der Waals surface area contributed by atoms with Gasteiger partial charge in [0.15, 0.2) is 0 Å². The third-order valence-electron chi connectivity index (χ3n) is 2.81. The molecule has 0 spiro atoms. The van der Waals surface area contributed by atoms with Crippen LogP contribution in [0.25, 0.3) is 0 Å². The SMILES string of the molecule is CC(C)C(C)C(=O)NCc1ccoc1C(=O)O. The minimum Gasteiger partial charge on any atom is -0.475 e. The Hall–Kier alpha value is -1.78. The number of hydrogen-bond donors (Lipinski definition) is 2. The fourth-order valence-electron chi connectivity index (χ4n) is 1.31. The lowest BCUT2D eigenvalue weighted by Gasteiger charge is -2.14.